The molecule has 0 spiro atoms. The normalized spacial score (nSPS) is 11.5. The van der Waals surface area contributed by atoms with Crippen LogP contribution in [-0.2, 0) is 11.3 Å². The van der Waals surface area contributed by atoms with Gasteiger partial charge in [-0.3, -0.25) is 4.79 Å². The van der Waals surface area contributed by atoms with E-state index in [0.29, 0.717) is 11.0 Å². The van der Waals surface area contributed by atoms with Crippen molar-refractivity contribution in [2.45, 2.75) is 25.9 Å². The van der Waals surface area contributed by atoms with Crippen LogP contribution in [0.2, 0.25) is 0 Å². The number of amides is 1. The molecule has 0 saturated heterocycles. The van der Waals surface area contributed by atoms with E-state index in [9.17, 15) is 9.18 Å². The Labute approximate surface area is 114 Å². The molecular formula is C11H15BrClFN2O. The molecule has 6 heteroatoms. The fourth-order valence-electron chi connectivity index (χ4n) is 1.21. The number of hydrogen-bond acceptors (Lipinski definition) is 2. The van der Waals surface area contributed by atoms with Gasteiger partial charge < -0.3 is 11.1 Å². The van der Waals surface area contributed by atoms with E-state index in [1.54, 1.807) is 19.1 Å². The van der Waals surface area contributed by atoms with Crippen LogP contribution in [-0.4, -0.2) is 11.9 Å². The van der Waals surface area contributed by atoms with Gasteiger partial charge in [0.25, 0.3) is 0 Å². The highest BCUT2D eigenvalue weighted by Gasteiger charge is 2.05. The van der Waals surface area contributed by atoms with Gasteiger partial charge in [-0.1, -0.05) is 6.07 Å². The topological polar surface area (TPSA) is 55.1 Å². The first-order valence-electron chi connectivity index (χ1n) is 4.95. The molecule has 1 amide bonds. The highest BCUT2D eigenvalue weighted by atomic mass is 79.9. The van der Waals surface area contributed by atoms with Gasteiger partial charge in [0.1, 0.15) is 5.82 Å². The maximum atomic E-state index is 13.1. The molecule has 3 N–H and O–H groups in total. The van der Waals surface area contributed by atoms with Gasteiger partial charge >= 0.3 is 0 Å². The average molecular weight is 326 g/mol. The predicted molar refractivity (Wildman–Crippen MR) is 71.5 cm³/mol. The lowest BCUT2D eigenvalue weighted by Gasteiger charge is -2.07. The van der Waals surface area contributed by atoms with Crippen molar-refractivity contribution >= 4 is 34.2 Å². The summed E-state index contributed by atoms with van der Waals surface area (Å²) in [5.74, 6) is -0.461. The van der Waals surface area contributed by atoms with E-state index in [0.717, 1.165) is 5.56 Å². The van der Waals surface area contributed by atoms with Crippen molar-refractivity contribution in [3.05, 3.63) is 34.1 Å². The molecule has 17 heavy (non-hydrogen) atoms. The van der Waals surface area contributed by atoms with Gasteiger partial charge in [-0.2, -0.15) is 0 Å². The van der Waals surface area contributed by atoms with Crippen LogP contribution in [0, 0.1) is 5.82 Å². The van der Waals surface area contributed by atoms with Gasteiger partial charge in [-0.15, -0.1) is 12.4 Å². The molecule has 1 aromatic carbocycles. The summed E-state index contributed by atoms with van der Waals surface area (Å²) in [7, 11) is 0. The molecule has 0 bridgehead atoms. The number of benzene rings is 1. The number of rotatable bonds is 4. The first kappa shape index (κ1) is 16.4. The van der Waals surface area contributed by atoms with Crippen molar-refractivity contribution in [1.29, 1.82) is 0 Å². The third-order valence-electron chi connectivity index (χ3n) is 1.98. The third-order valence-corrected chi connectivity index (χ3v) is 2.62. The molecule has 3 nitrogen and oxygen atoms in total. The lowest BCUT2D eigenvalue weighted by Crippen LogP contribution is -2.29. The van der Waals surface area contributed by atoms with E-state index in [2.05, 4.69) is 21.2 Å². The zero-order chi connectivity index (χ0) is 12.1. The maximum absolute atomic E-state index is 13.1. The van der Waals surface area contributed by atoms with Crippen LogP contribution >= 0.6 is 28.3 Å². The Morgan fingerprint density at radius 1 is 1.59 bits per heavy atom. The summed E-state index contributed by atoms with van der Waals surface area (Å²) < 4.78 is 13.5. The molecule has 0 aliphatic carbocycles. The second-order valence-corrected chi connectivity index (χ2v) is 4.56. The molecule has 1 unspecified atom stereocenters. The lowest BCUT2D eigenvalue weighted by molar-refractivity contribution is -0.121. The molecule has 0 aliphatic heterocycles. The predicted octanol–water partition coefficient (Wildman–Crippen LogP) is 2.36. The van der Waals surface area contributed by atoms with Gasteiger partial charge in [-0.05, 0) is 40.5 Å². The number of nitrogens with two attached hydrogens (primary N) is 1. The summed E-state index contributed by atoms with van der Waals surface area (Å²) in [6.07, 6.45) is 0.277. The minimum absolute atomic E-state index is 0. The Bertz CT molecular complexity index is 388. The van der Waals surface area contributed by atoms with Crippen LogP contribution in [0.15, 0.2) is 22.7 Å². The molecule has 0 aromatic heterocycles. The zero-order valence-electron chi connectivity index (χ0n) is 9.37. The van der Waals surface area contributed by atoms with Crippen LogP contribution < -0.4 is 11.1 Å². The number of halogens is 3. The standard InChI is InChI=1S/C11H14BrFN2O.ClH/c1-7(14)4-11(16)15-6-8-2-3-9(12)10(13)5-8;/h2-3,5,7H,4,6,14H2,1H3,(H,15,16);1H. The smallest absolute Gasteiger partial charge is 0.221 e. The van der Waals surface area contributed by atoms with E-state index in [1.165, 1.54) is 6.07 Å². The fourth-order valence-corrected chi connectivity index (χ4v) is 1.46. The highest BCUT2D eigenvalue weighted by Crippen LogP contribution is 2.16. The van der Waals surface area contributed by atoms with E-state index in [4.69, 9.17) is 5.73 Å². The van der Waals surface area contributed by atoms with E-state index in [1.807, 2.05) is 0 Å². The molecular weight excluding hydrogens is 310 g/mol. The number of carbonyl (C=O) groups is 1. The largest absolute Gasteiger partial charge is 0.352 e. The Morgan fingerprint density at radius 2 is 2.24 bits per heavy atom. The molecule has 0 saturated carbocycles. The van der Waals surface area contributed by atoms with Crippen molar-refractivity contribution in [3.63, 3.8) is 0 Å². The summed E-state index contributed by atoms with van der Waals surface area (Å²) in [4.78, 5) is 11.3. The average Bonchev–Trinajstić information content (AvgIpc) is 2.19. The number of nitrogens with one attached hydrogen (secondary N) is 1. The molecule has 0 fully saturated rings. The monoisotopic (exact) mass is 324 g/mol. The summed E-state index contributed by atoms with van der Waals surface area (Å²) in [5, 5.41) is 2.68. The Kier molecular flexibility index (Phi) is 7.34. The molecule has 96 valence electrons. The molecule has 1 aromatic rings. The summed E-state index contributed by atoms with van der Waals surface area (Å²) in [6.45, 7) is 2.08. The first-order chi connectivity index (χ1) is 7.49. The van der Waals surface area contributed by atoms with Gasteiger partial charge in [-0.25, -0.2) is 4.39 Å². The number of carbonyl (C=O) groups excluding carboxylic acids is 1. The van der Waals surface area contributed by atoms with Gasteiger partial charge in [0.05, 0.1) is 4.47 Å². The van der Waals surface area contributed by atoms with E-state index >= 15 is 0 Å². The van der Waals surface area contributed by atoms with Crippen LogP contribution in [0.4, 0.5) is 4.39 Å². The Hall–Kier alpha value is -0.650. The fraction of sp³-hybridized carbons (Fsp3) is 0.364. The van der Waals surface area contributed by atoms with Crippen molar-refractivity contribution < 1.29 is 9.18 Å². The van der Waals surface area contributed by atoms with Crippen LogP contribution in [0.25, 0.3) is 0 Å². The summed E-state index contributed by atoms with van der Waals surface area (Å²) >= 11 is 3.06. The Balaban J connectivity index is 0.00000256. The van der Waals surface area contributed by atoms with Gasteiger partial charge in [0.15, 0.2) is 0 Å². The second-order valence-electron chi connectivity index (χ2n) is 3.71. The quantitative estimate of drug-likeness (QED) is 0.893. The maximum Gasteiger partial charge on any atom is 0.221 e. The van der Waals surface area contributed by atoms with Crippen LogP contribution in [0.3, 0.4) is 0 Å². The van der Waals surface area contributed by atoms with E-state index in [-0.39, 0.29) is 36.6 Å². The minimum atomic E-state index is -0.334. The van der Waals surface area contributed by atoms with Crippen LogP contribution in [0.1, 0.15) is 18.9 Å². The SMILES string of the molecule is CC(N)CC(=O)NCc1ccc(Br)c(F)c1.Cl. The highest BCUT2D eigenvalue weighted by molar-refractivity contribution is 9.10. The second kappa shape index (κ2) is 7.63. The number of hydrogen-bond donors (Lipinski definition) is 2. The summed E-state index contributed by atoms with van der Waals surface area (Å²) in [5.41, 5.74) is 6.20. The Morgan fingerprint density at radius 3 is 2.76 bits per heavy atom. The van der Waals surface area contributed by atoms with Crippen molar-refractivity contribution in [3.8, 4) is 0 Å². The molecule has 1 atom stereocenters. The molecule has 0 aliphatic rings. The minimum Gasteiger partial charge on any atom is -0.352 e. The molecule has 0 heterocycles. The van der Waals surface area contributed by atoms with Crippen molar-refractivity contribution in [2.24, 2.45) is 5.73 Å². The first-order valence-corrected chi connectivity index (χ1v) is 5.74. The zero-order valence-corrected chi connectivity index (χ0v) is 11.8. The van der Waals surface area contributed by atoms with E-state index < -0.39 is 0 Å². The van der Waals surface area contributed by atoms with Gasteiger partial charge in [0, 0.05) is 19.0 Å². The van der Waals surface area contributed by atoms with Crippen molar-refractivity contribution in [2.75, 3.05) is 0 Å². The van der Waals surface area contributed by atoms with Crippen LogP contribution in [0.5, 0.6) is 0 Å². The third kappa shape index (κ3) is 6.00. The summed E-state index contributed by atoms with van der Waals surface area (Å²) in [6, 6.07) is 4.58. The lowest BCUT2D eigenvalue weighted by atomic mass is 10.2. The van der Waals surface area contributed by atoms with Gasteiger partial charge in [0.2, 0.25) is 5.91 Å². The van der Waals surface area contributed by atoms with Crippen molar-refractivity contribution in [1.82, 2.24) is 5.32 Å². The molecule has 1 rings (SSSR count). The molecule has 0 radical (unpaired) electrons.